The molecule has 1 rings (SSSR count). The molecule has 1 aromatic carbocycles. The van der Waals surface area contributed by atoms with Gasteiger partial charge in [0.1, 0.15) is 5.56 Å². The summed E-state index contributed by atoms with van der Waals surface area (Å²) in [4.78, 5) is 11.2. The molecule has 26 heavy (non-hydrogen) atoms. The van der Waals surface area contributed by atoms with Gasteiger partial charge in [0.25, 0.3) is 0 Å². The van der Waals surface area contributed by atoms with E-state index in [2.05, 4.69) is 6.92 Å². The number of aromatic carboxylic acids is 1. The van der Waals surface area contributed by atoms with E-state index in [1.807, 2.05) is 0 Å². The van der Waals surface area contributed by atoms with Crippen LogP contribution in [0.5, 0.6) is 11.5 Å². The molecule has 1 aromatic rings. The minimum Gasteiger partial charge on any atom is -0.504 e. The number of aryl methyl sites for hydroxylation is 1. The zero-order valence-corrected chi connectivity index (χ0v) is 16.0. The van der Waals surface area contributed by atoms with E-state index in [0.29, 0.717) is 18.6 Å². The van der Waals surface area contributed by atoms with E-state index in [9.17, 15) is 20.1 Å². The van der Waals surface area contributed by atoms with Gasteiger partial charge in [-0.1, -0.05) is 57.9 Å². The Hall–Kier alpha value is -1.75. The Labute approximate surface area is 157 Å². The van der Waals surface area contributed by atoms with Gasteiger partial charge >= 0.3 is 5.97 Å². The molecular formula is C21H34O5. The molecule has 0 aromatic heterocycles. The first-order chi connectivity index (χ1) is 12.6. The lowest BCUT2D eigenvalue weighted by Gasteiger charge is -2.09. The highest BCUT2D eigenvalue weighted by molar-refractivity contribution is 5.93. The Morgan fingerprint density at radius 1 is 0.885 bits per heavy atom. The second kappa shape index (κ2) is 13.5. The van der Waals surface area contributed by atoms with Crippen molar-refractivity contribution in [3.8, 4) is 11.5 Å². The Morgan fingerprint density at radius 2 is 1.46 bits per heavy atom. The number of benzene rings is 1. The van der Waals surface area contributed by atoms with E-state index in [1.54, 1.807) is 6.07 Å². The molecule has 0 aliphatic heterocycles. The van der Waals surface area contributed by atoms with Crippen molar-refractivity contribution >= 4 is 5.97 Å². The molecule has 148 valence electrons. The van der Waals surface area contributed by atoms with Crippen LogP contribution in [0.25, 0.3) is 0 Å². The van der Waals surface area contributed by atoms with Gasteiger partial charge in [-0.2, -0.15) is 0 Å². The number of carbonyl (C=O) groups is 1. The lowest BCUT2D eigenvalue weighted by atomic mass is 10.0. The van der Waals surface area contributed by atoms with Crippen LogP contribution in [-0.4, -0.2) is 34.5 Å². The molecule has 0 bridgehead atoms. The predicted molar refractivity (Wildman–Crippen MR) is 103 cm³/mol. The maximum atomic E-state index is 11.2. The molecule has 0 amide bonds. The van der Waals surface area contributed by atoms with Crippen LogP contribution in [-0.2, 0) is 11.2 Å². The predicted octanol–water partition coefficient (Wildman–Crippen LogP) is 5.28. The van der Waals surface area contributed by atoms with Gasteiger partial charge in [-0.3, -0.25) is 0 Å². The number of carboxylic acids is 1. The van der Waals surface area contributed by atoms with Gasteiger partial charge in [0.05, 0.1) is 0 Å². The number of rotatable bonds is 15. The van der Waals surface area contributed by atoms with Crippen molar-refractivity contribution in [2.45, 2.75) is 77.6 Å². The number of phenols is 2. The molecule has 5 heteroatoms. The van der Waals surface area contributed by atoms with E-state index < -0.39 is 17.5 Å². The molecule has 0 unspecified atom stereocenters. The molecule has 0 saturated heterocycles. The summed E-state index contributed by atoms with van der Waals surface area (Å²) in [5.74, 6) is -2.18. The smallest absolute Gasteiger partial charge is 0.339 e. The number of hydrogen-bond acceptors (Lipinski definition) is 4. The third-order valence-corrected chi connectivity index (χ3v) is 4.58. The highest BCUT2D eigenvalue weighted by Gasteiger charge is 2.18. The van der Waals surface area contributed by atoms with Crippen molar-refractivity contribution in [3.63, 3.8) is 0 Å². The maximum Gasteiger partial charge on any atom is 0.339 e. The number of aromatic hydroxyl groups is 2. The Balaban J connectivity index is 2.08. The topological polar surface area (TPSA) is 87.0 Å². The Bertz CT molecular complexity index is 527. The standard InChI is InChI=1S/C21H34O5/c1-2-3-4-5-6-7-8-10-15-26-16-11-9-12-17-13-14-18(22)20(23)19(17)21(24)25/h13-14,22-23H,2-12,15-16H2,1H3,(H,24,25). The zero-order valence-electron chi connectivity index (χ0n) is 16.0. The summed E-state index contributed by atoms with van der Waals surface area (Å²) >= 11 is 0. The highest BCUT2D eigenvalue weighted by Crippen LogP contribution is 2.32. The average Bonchev–Trinajstić information content (AvgIpc) is 2.61. The molecule has 0 atom stereocenters. The molecule has 3 N–H and O–H groups in total. The van der Waals surface area contributed by atoms with Crippen LogP contribution in [0.2, 0.25) is 0 Å². The van der Waals surface area contributed by atoms with E-state index >= 15 is 0 Å². The van der Waals surface area contributed by atoms with Gasteiger partial charge in [-0.25, -0.2) is 4.79 Å². The molecule has 0 heterocycles. The fourth-order valence-corrected chi connectivity index (χ4v) is 3.03. The first kappa shape index (κ1) is 22.3. The van der Waals surface area contributed by atoms with Crippen molar-refractivity contribution in [1.82, 2.24) is 0 Å². The number of hydrogen-bond donors (Lipinski definition) is 3. The van der Waals surface area contributed by atoms with Gasteiger partial charge in [0.2, 0.25) is 0 Å². The van der Waals surface area contributed by atoms with E-state index in [4.69, 9.17) is 4.74 Å². The van der Waals surface area contributed by atoms with Crippen LogP contribution >= 0.6 is 0 Å². The number of phenolic OH excluding ortho intramolecular Hbond substituents is 1. The summed E-state index contributed by atoms with van der Waals surface area (Å²) in [6, 6.07) is 2.88. The third-order valence-electron chi connectivity index (χ3n) is 4.58. The number of carboxylic acid groups (broad SMARTS) is 1. The highest BCUT2D eigenvalue weighted by atomic mass is 16.5. The minimum absolute atomic E-state index is 0.204. The normalized spacial score (nSPS) is 11.0. The van der Waals surface area contributed by atoms with Gasteiger partial charge in [0.15, 0.2) is 11.5 Å². The van der Waals surface area contributed by atoms with Crippen LogP contribution in [0.15, 0.2) is 12.1 Å². The molecule has 0 aliphatic carbocycles. The second-order valence-electron chi connectivity index (χ2n) is 6.82. The monoisotopic (exact) mass is 366 g/mol. The fraction of sp³-hybridized carbons (Fsp3) is 0.667. The van der Waals surface area contributed by atoms with Crippen LogP contribution in [0.4, 0.5) is 0 Å². The molecule has 5 nitrogen and oxygen atoms in total. The Kier molecular flexibility index (Phi) is 11.5. The summed E-state index contributed by atoms with van der Waals surface area (Å²) < 4.78 is 5.63. The lowest BCUT2D eigenvalue weighted by Crippen LogP contribution is -2.04. The molecule has 0 fully saturated rings. The number of unbranched alkanes of at least 4 members (excludes halogenated alkanes) is 8. The molecule has 0 spiro atoms. The van der Waals surface area contributed by atoms with Gasteiger partial charge in [-0.15, -0.1) is 0 Å². The first-order valence-electron chi connectivity index (χ1n) is 9.92. The van der Waals surface area contributed by atoms with E-state index in [1.165, 1.54) is 51.0 Å². The van der Waals surface area contributed by atoms with Gasteiger partial charge < -0.3 is 20.1 Å². The van der Waals surface area contributed by atoms with Crippen molar-refractivity contribution in [1.29, 1.82) is 0 Å². The number of ether oxygens (including phenoxy) is 1. The summed E-state index contributed by atoms with van der Waals surface area (Å²) in [7, 11) is 0. The minimum atomic E-state index is -1.22. The summed E-state index contributed by atoms with van der Waals surface area (Å²) in [5, 5.41) is 28.3. The van der Waals surface area contributed by atoms with E-state index in [-0.39, 0.29) is 5.56 Å². The Morgan fingerprint density at radius 3 is 2.08 bits per heavy atom. The van der Waals surface area contributed by atoms with Crippen LogP contribution in [0.1, 0.15) is 87.1 Å². The van der Waals surface area contributed by atoms with E-state index in [0.717, 1.165) is 25.9 Å². The van der Waals surface area contributed by atoms with Crippen LogP contribution in [0, 0.1) is 0 Å². The quantitative estimate of drug-likeness (QED) is 0.290. The molecule has 0 saturated carbocycles. The van der Waals surface area contributed by atoms with Gasteiger partial charge in [-0.05, 0) is 37.3 Å². The summed E-state index contributed by atoms with van der Waals surface area (Å²) in [6.45, 7) is 3.69. The largest absolute Gasteiger partial charge is 0.504 e. The molecule has 0 radical (unpaired) electrons. The third kappa shape index (κ3) is 8.56. The van der Waals surface area contributed by atoms with Crippen molar-refractivity contribution in [3.05, 3.63) is 23.3 Å². The first-order valence-corrected chi connectivity index (χ1v) is 9.92. The maximum absolute atomic E-state index is 11.2. The summed E-state index contributed by atoms with van der Waals surface area (Å²) in [5.41, 5.74) is 0.334. The fourth-order valence-electron chi connectivity index (χ4n) is 3.03. The van der Waals surface area contributed by atoms with Gasteiger partial charge in [0, 0.05) is 13.2 Å². The van der Waals surface area contributed by atoms with Crippen LogP contribution < -0.4 is 0 Å². The SMILES string of the molecule is CCCCCCCCCCOCCCCc1ccc(O)c(O)c1C(=O)O. The van der Waals surface area contributed by atoms with Crippen LogP contribution in [0.3, 0.4) is 0 Å². The molecular weight excluding hydrogens is 332 g/mol. The lowest BCUT2D eigenvalue weighted by molar-refractivity contribution is 0.0691. The summed E-state index contributed by atoms with van der Waals surface area (Å²) in [6.07, 6.45) is 12.4. The second-order valence-corrected chi connectivity index (χ2v) is 6.82. The van der Waals surface area contributed by atoms with Crippen molar-refractivity contribution < 1.29 is 24.9 Å². The molecule has 0 aliphatic rings. The zero-order chi connectivity index (χ0) is 19.2. The van der Waals surface area contributed by atoms with Crippen molar-refractivity contribution in [2.75, 3.05) is 13.2 Å². The van der Waals surface area contributed by atoms with Crippen molar-refractivity contribution in [2.24, 2.45) is 0 Å². The average molecular weight is 366 g/mol.